The molecule has 116 valence electrons. The van der Waals surface area contributed by atoms with Gasteiger partial charge in [0.2, 0.25) is 0 Å². The van der Waals surface area contributed by atoms with Crippen LogP contribution in [0.25, 0.3) is 0 Å². The Morgan fingerprint density at radius 2 is 2.00 bits per heavy atom. The van der Waals surface area contributed by atoms with Gasteiger partial charge in [-0.3, -0.25) is 4.79 Å². The van der Waals surface area contributed by atoms with Crippen molar-refractivity contribution in [3.8, 4) is 0 Å². The maximum absolute atomic E-state index is 13.6. The molecule has 7 heteroatoms. The summed E-state index contributed by atoms with van der Waals surface area (Å²) in [6.45, 7) is 1.86. The van der Waals surface area contributed by atoms with E-state index in [4.69, 9.17) is 5.73 Å². The first-order valence-corrected chi connectivity index (χ1v) is 6.57. The zero-order valence-electron chi connectivity index (χ0n) is 11.4. The lowest BCUT2D eigenvalue weighted by molar-refractivity contribution is -0.137. The number of amides is 1. The van der Waals surface area contributed by atoms with Crippen molar-refractivity contribution in [2.24, 2.45) is 11.7 Å². The fraction of sp³-hybridized carbons (Fsp3) is 0.500. The van der Waals surface area contributed by atoms with Gasteiger partial charge in [-0.1, -0.05) is 0 Å². The van der Waals surface area contributed by atoms with Gasteiger partial charge >= 0.3 is 6.18 Å². The molecule has 0 saturated heterocycles. The third-order valence-corrected chi connectivity index (χ3v) is 3.84. The van der Waals surface area contributed by atoms with Crippen LogP contribution in [0.3, 0.4) is 0 Å². The van der Waals surface area contributed by atoms with Gasteiger partial charge in [0.25, 0.3) is 5.91 Å². The highest BCUT2D eigenvalue weighted by molar-refractivity contribution is 5.95. The molecule has 0 heterocycles. The second kappa shape index (κ2) is 5.29. The number of carbonyl (C=O) groups is 1. The number of carbonyl (C=O) groups excluding carboxylic acids is 1. The Hall–Kier alpha value is -1.63. The van der Waals surface area contributed by atoms with Crippen molar-refractivity contribution in [2.45, 2.75) is 31.5 Å². The molecule has 0 aromatic heterocycles. The van der Waals surface area contributed by atoms with Crippen LogP contribution in [0, 0.1) is 11.7 Å². The topological polar surface area (TPSA) is 55.1 Å². The molecule has 0 spiro atoms. The summed E-state index contributed by atoms with van der Waals surface area (Å²) in [6.07, 6.45) is -2.85. The molecule has 2 rings (SSSR count). The molecule has 0 radical (unpaired) electrons. The number of halogens is 4. The quantitative estimate of drug-likeness (QED) is 0.840. The van der Waals surface area contributed by atoms with Gasteiger partial charge in [-0.25, -0.2) is 4.39 Å². The van der Waals surface area contributed by atoms with Crippen molar-refractivity contribution in [2.75, 3.05) is 6.54 Å². The molecule has 1 aromatic rings. The number of hydrogen-bond donors (Lipinski definition) is 2. The number of benzene rings is 1. The SMILES string of the molecule is CC(CN)(NC(=O)c1cc(C(F)(F)F)ccc1F)C1CC1. The molecule has 1 saturated carbocycles. The number of nitrogens with one attached hydrogen (secondary N) is 1. The van der Waals surface area contributed by atoms with Crippen LogP contribution in [-0.4, -0.2) is 18.0 Å². The summed E-state index contributed by atoms with van der Waals surface area (Å²) in [5, 5.41) is 2.57. The molecule has 0 bridgehead atoms. The van der Waals surface area contributed by atoms with Gasteiger partial charge in [0, 0.05) is 6.54 Å². The fourth-order valence-electron chi connectivity index (χ4n) is 2.24. The van der Waals surface area contributed by atoms with Crippen LogP contribution in [-0.2, 0) is 6.18 Å². The van der Waals surface area contributed by atoms with Crippen LogP contribution in [0.2, 0.25) is 0 Å². The van der Waals surface area contributed by atoms with Crippen molar-refractivity contribution in [3.05, 3.63) is 35.1 Å². The lowest BCUT2D eigenvalue weighted by atomic mass is 9.95. The first kappa shape index (κ1) is 15.8. The predicted molar refractivity (Wildman–Crippen MR) is 69.1 cm³/mol. The van der Waals surface area contributed by atoms with E-state index in [-0.39, 0.29) is 12.5 Å². The smallest absolute Gasteiger partial charge is 0.345 e. The normalized spacial score (nSPS) is 18.2. The second-order valence-corrected chi connectivity index (χ2v) is 5.54. The third kappa shape index (κ3) is 3.34. The van der Waals surface area contributed by atoms with Gasteiger partial charge in [-0.05, 0) is 43.9 Å². The van der Waals surface area contributed by atoms with E-state index >= 15 is 0 Å². The lowest BCUT2D eigenvalue weighted by Crippen LogP contribution is -2.53. The molecule has 1 atom stereocenters. The van der Waals surface area contributed by atoms with Gasteiger partial charge < -0.3 is 11.1 Å². The first-order valence-electron chi connectivity index (χ1n) is 6.57. The number of nitrogens with two attached hydrogens (primary N) is 1. The Bertz CT molecular complexity index is 554. The molecule has 1 unspecified atom stereocenters. The second-order valence-electron chi connectivity index (χ2n) is 5.54. The Balaban J connectivity index is 2.26. The summed E-state index contributed by atoms with van der Waals surface area (Å²) in [4.78, 5) is 12.1. The van der Waals surface area contributed by atoms with E-state index in [0.717, 1.165) is 12.8 Å². The van der Waals surface area contributed by atoms with Crippen molar-refractivity contribution in [3.63, 3.8) is 0 Å². The van der Waals surface area contributed by atoms with Crippen molar-refractivity contribution >= 4 is 5.91 Å². The van der Waals surface area contributed by atoms with Crippen LogP contribution >= 0.6 is 0 Å². The summed E-state index contributed by atoms with van der Waals surface area (Å²) >= 11 is 0. The monoisotopic (exact) mass is 304 g/mol. The minimum absolute atomic E-state index is 0.143. The molecule has 3 nitrogen and oxygen atoms in total. The minimum atomic E-state index is -4.63. The molecule has 1 aliphatic carbocycles. The number of hydrogen-bond acceptors (Lipinski definition) is 2. The maximum Gasteiger partial charge on any atom is 0.416 e. The third-order valence-electron chi connectivity index (χ3n) is 3.84. The molecule has 1 fully saturated rings. The van der Waals surface area contributed by atoms with Crippen molar-refractivity contribution in [1.82, 2.24) is 5.32 Å². The molecular weight excluding hydrogens is 288 g/mol. The van der Waals surface area contributed by atoms with Crippen LogP contribution in [0.5, 0.6) is 0 Å². The van der Waals surface area contributed by atoms with Crippen LogP contribution in [0.1, 0.15) is 35.7 Å². The Kier molecular flexibility index (Phi) is 3.97. The molecule has 1 amide bonds. The predicted octanol–water partition coefficient (Wildman–Crippen LogP) is 2.70. The highest BCUT2D eigenvalue weighted by Gasteiger charge is 2.42. The Morgan fingerprint density at radius 3 is 2.48 bits per heavy atom. The van der Waals surface area contributed by atoms with Gasteiger partial charge in [0.1, 0.15) is 5.82 Å². The van der Waals surface area contributed by atoms with E-state index in [0.29, 0.717) is 18.2 Å². The summed E-state index contributed by atoms with van der Waals surface area (Å²) in [7, 11) is 0. The largest absolute Gasteiger partial charge is 0.416 e. The molecule has 0 aliphatic heterocycles. The fourth-order valence-corrected chi connectivity index (χ4v) is 2.24. The van der Waals surface area contributed by atoms with Crippen molar-refractivity contribution < 1.29 is 22.4 Å². The zero-order chi connectivity index (χ0) is 15.8. The molecule has 1 aliphatic rings. The van der Waals surface area contributed by atoms with E-state index in [9.17, 15) is 22.4 Å². The summed E-state index contributed by atoms with van der Waals surface area (Å²) in [5.41, 5.74) is 3.22. The molecular formula is C14H16F4N2O. The number of rotatable bonds is 4. The average molecular weight is 304 g/mol. The highest BCUT2D eigenvalue weighted by Crippen LogP contribution is 2.39. The standard InChI is InChI=1S/C14H16F4N2O/c1-13(7-19,8-2-3-8)20-12(21)10-6-9(14(16,17)18)4-5-11(10)15/h4-6,8H,2-3,7,19H2,1H3,(H,20,21). The van der Waals surface area contributed by atoms with Gasteiger partial charge in [-0.15, -0.1) is 0 Å². The van der Waals surface area contributed by atoms with E-state index < -0.39 is 34.6 Å². The van der Waals surface area contributed by atoms with Crippen LogP contribution < -0.4 is 11.1 Å². The summed E-state index contributed by atoms with van der Waals surface area (Å²) < 4.78 is 51.5. The van der Waals surface area contributed by atoms with E-state index in [1.165, 1.54) is 0 Å². The van der Waals surface area contributed by atoms with Crippen molar-refractivity contribution in [1.29, 1.82) is 0 Å². The zero-order valence-corrected chi connectivity index (χ0v) is 11.4. The van der Waals surface area contributed by atoms with Gasteiger partial charge in [-0.2, -0.15) is 13.2 Å². The van der Waals surface area contributed by atoms with E-state index in [1.54, 1.807) is 6.92 Å². The minimum Gasteiger partial charge on any atom is -0.345 e. The average Bonchev–Trinajstić information content (AvgIpc) is 3.22. The van der Waals surface area contributed by atoms with Crippen LogP contribution in [0.15, 0.2) is 18.2 Å². The lowest BCUT2D eigenvalue weighted by Gasteiger charge is -2.29. The molecule has 3 N–H and O–H groups in total. The summed E-state index contributed by atoms with van der Waals surface area (Å²) in [6, 6.07) is 1.78. The van der Waals surface area contributed by atoms with Crippen LogP contribution in [0.4, 0.5) is 17.6 Å². The van der Waals surface area contributed by atoms with Gasteiger partial charge in [0.15, 0.2) is 0 Å². The molecule has 1 aromatic carbocycles. The summed E-state index contributed by atoms with van der Waals surface area (Å²) in [5.74, 6) is -1.69. The van der Waals surface area contributed by atoms with Gasteiger partial charge in [0.05, 0.1) is 16.7 Å². The van der Waals surface area contributed by atoms with E-state index in [1.807, 2.05) is 0 Å². The van der Waals surface area contributed by atoms with E-state index in [2.05, 4.69) is 5.32 Å². The highest BCUT2D eigenvalue weighted by atomic mass is 19.4. The number of alkyl halides is 3. The maximum atomic E-state index is 13.6. The molecule has 21 heavy (non-hydrogen) atoms. The Labute approximate surface area is 119 Å². The first-order chi connectivity index (χ1) is 9.67. The Morgan fingerprint density at radius 1 is 1.38 bits per heavy atom.